The summed E-state index contributed by atoms with van der Waals surface area (Å²) in [6.45, 7) is 2.31. The van der Waals surface area contributed by atoms with E-state index >= 15 is 0 Å². The fourth-order valence-electron chi connectivity index (χ4n) is 3.02. The van der Waals surface area contributed by atoms with Crippen molar-refractivity contribution in [1.29, 1.82) is 5.26 Å². The Morgan fingerprint density at radius 3 is 2.39 bits per heavy atom. The molecule has 0 aliphatic heterocycles. The molecule has 2 rings (SSSR count). The van der Waals surface area contributed by atoms with E-state index in [-0.39, 0.29) is 25.6 Å². The fourth-order valence-corrected chi connectivity index (χ4v) is 4.54. The van der Waals surface area contributed by atoms with Crippen molar-refractivity contribution < 1.29 is 13.2 Å². The van der Waals surface area contributed by atoms with Crippen molar-refractivity contribution >= 4 is 10.2 Å². The van der Waals surface area contributed by atoms with Crippen LogP contribution in [0.4, 0.5) is 0 Å². The van der Waals surface area contributed by atoms with Gasteiger partial charge < -0.3 is 4.74 Å². The second-order valence-corrected chi connectivity index (χ2v) is 8.62. The van der Waals surface area contributed by atoms with Crippen LogP contribution in [0.3, 0.4) is 0 Å². The largest absolute Gasteiger partial charge is 0.496 e. The van der Waals surface area contributed by atoms with Gasteiger partial charge in [-0.1, -0.05) is 48.5 Å². The highest BCUT2D eigenvalue weighted by molar-refractivity contribution is 7.86. The highest BCUT2D eigenvalue weighted by Gasteiger charge is 2.31. The lowest BCUT2D eigenvalue weighted by molar-refractivity contribution is 0.296. The summed E-state index contributed by atoms with van der Waals surface area (Å²) in [7, 11) is -0.613. The van der Waals surface area contributed by atoms with Gasteiger partial charge in [0.2, 0.25) is 0 Å². The van der Waals surface area contributed by atoms with E-state index in [0.717, 1.165) is 16.9 Å². The van der Waals surface area contributed by atoms with Gasteiger partial charge in [0.15, 0.2) is 0 Å². The number of methoxy groups -OCH3 is 1. The van der Waals surface area contributed by atoms with Crippen molar-refractivity contribution in [3.05, 3.63) is 65.7 Å². The fraction of sp³-hybridized carbons (Fsp3) is 0.381. The molecular formula is C21H27N3O3S. The maximum atomic E-state index is 13.2. The third-order valence-corrected chi connectivity index (χ3v) is 6.66. The van der Waals surface area contributed by atoms with Crippen LogP contribution in [0.2, 0.25) is 0 Å². The first-order valence-electron chi connectivity index (χ1n) is 9.16. The van der Waals surface area contributed by atoms with Gasteiger partial charge in [-0.15, -0.1) is 0 Å². The lowest BCUT2D eigenvalue weighted by Gasteiger charge is -2.32. The molecule has 0 saturated heterocycles. The molecule has 150 valence electrons. The zero-order valence-corrected chi connectivity index (χ0v) is 17.4. The van der Waals surface area contributed by atoms with Crippen LogP contribution in [0.1, 0.15) is 24.5 Å². The summed E-state index contributed by atoms with van der Waals surface area (Å²) in [5.74, 6) is 0.740. The van der Waals surface area contributed by atoms with Gasteiger partial charge in [0.05, 0.1) is 13.2 Å². The standard InChI is InChI=1S/C21H27N3O3S/c1-18(16-20-12-7-8-13-21(20)27-3)24(17-19-10-5-4-6-11-19)28(25,26)23(2)15-9-14-22/h4-8,10-13,18H,9,15-17H2,1-3H3. The molecule has 0 bridgehead atoms. The highest BCUT2D eigenvalue weighted by atomic mass is 32.2. The number of nitriles is 1. The number of hydrogen-bond donors (Lipinski definition) is 0. The molecule has 0 amide bonds. The van der Waals surface area contributed by atoms with Crippen LogP contribution in [0.5, 0.6) is 5.75 Å². The van der Waals surface area contributed by atoms with E-state index in [4.69, 9.17) is 10.00 Å². The molecule has 28 heavy (non-hydrogen) atoms. The van der Waals surface area contributed by atoms with E-state index in [1.54, 1.807) is 7.11 Å². The minimum Gasteiger partial charge on any atom is -0.496 e. The third-order valence-electron chi connectivity index (χ3n) is 4.61. The van der Waals surface area contributed by atoms with Crippen molar-refractivity contribution in [3.63, 3.8) is 0 Å². The Hall–Kier alpha value is -2.40. The van der Waals surface area contributed by atoms with Crippen LogP contribution in [-0.4, -0.2) is 43.8 Å². The monoisotopic (exact) mass is 401 g/mol. The highest BCUT2D eigenvalue weighted by Crippen LogP contribution is 2.24. The maximum Gasteiger partial charge on any atom is 0.282 e. The molecule has 7 heteroatoms. The van der Waals surface area contributed by atoms with Crippen molar-refractivity contribution in [2.75, 3.05) is 20.7 Å². The lowest BCUT2D eigenvalue weighted by Crippen LogP contribution is -2.46. The minimum atomic E-state index is -3.74. The Kier molecular flexibility index (Phi) is 8.00. The van der Waals surface area contributed by atoms with Gasteiger partial charge in [0.25, 0.3) is 10.2 Å². The molecule has 0 heterocycles. The summed E-state index contributed by atoms with van der Waals surface area (Å²) < 4.78 is 34.6. The van der Waals surface area contributed by atoms with E-state index in [0.29, 0.717) is 6.42 Å². The topological polar surface area (TPSA) is 73.6 Å². The molecule has 0 aliphatic carbocycles. The lowest BCUT2D eigenvalue weighted by atomic mass is 10.1. The molecule has 0 saturated carbocycles. The first-order chi connectivity index (χ1) is 13.4. The number of benzene rings is 2. The van der Waals surface area contributed by atoms with E-state index in [9.17, 15) is 8.42 Å². The van der Waals surface area contributed by atoms with Crippen molar-refractivity contribution in [2.45, 2.75) is 32.4 Å². The van der Waals surface area contributed by atoms with Crippen LogP contribution in [0, 0.1) is 11.3 Å². The van der Waals surface area contributed by atoms with Crippen LogP contribution in [-0.2, 0) is 23.2 Å². The molecule has 1 atom stereocenters. The van der Waals surface area contributed by atoms with E-state index in [2.05, 4.69) is 0 Å². The number of para-hydroxylation sites is 1. The third kappa shape index (κ3) is 5.55. The quantitative estimate of drug-likeness (QED) is 0.613. The van der Waals surface area contributed by atoms with Crippen LogP contribution in [0.25, 0.3) is 0 Å². The minimum absolute atomic E-state index is 0.149. The maximum absolute atomic E-state index is 13.2. The predicted molar refractivity (Wildman–Crippen MR) is 110 cm³/mol. The molecule has 2 aromatic carbocycles. The molecule has 6 nitrogen and oxygen atoms in total. The summed E-state index contributed by atoms with van der Waals surface area (Å²) in [5.41, 5.74) is 1.86. The number of nitrogens with zero attached hydrogens (tertiary/aromatic N) is 3. The van der Waals surface area contributed by atoms with Gasteiger partial charge in [-0.05, 0) is 30.5 Å². The molecule has 0 N–H and O–H groups in total. The zero-order valence-electron chi connectivity index (χ0n) is 16.6. The molecule has 0 radical (unpaired) electrons. The Morgan fingerprint density at radius 2 is 1.75 bits per heavy atom. The summed E-state index contributed by atoms with van der Waals surface area (Å²) in [5, 5.41) is 8.82. The molecule has 2 aromatic rings. The van der Waals surface area contributed by atoms with E-state index in [1.165, 1.54) is 15.7 Å². The second kappa shape index (κ2) is 10.2. The van der Waals surface area contributed by atoms with Crippen molar-refractivity contribution in [1.82, 2.24) is 8.61 Å². The first kappa shape index (κ1) is 21.9. The summed E-state index contributed by atoms with van der Waals surface area (Å²) in [6, 6.07) is 18.8. The Labute approximate surface area is 168 Å². The molecule has 1 unspecified atom stereocenters. The van der Waals surface area contributed by atoms with Gasteiger partial charge in [0.1, 0.15) is 5.75 Å². The summed E-state index contributed by atoms with van der Waals surface area (Å²) in [6.07, 6.45) is 0.665. The molecular weight excluding hydrogens is 374 g/mol. The number of rotatable bonds is 10. The summed E-state index contributed by atoms with van der Waals surface area (Å²) >= 11 is 0. The molecule has 0 spiro atoms. The van der Waals surface area contributed by atoms with Gasteiger partial charge >= 0.3 is 0 Å². The van der Waals surface area contributed by atoms with Crippen molar-refractivity contribution in [2.24, 2.45) is 0 Å². The van der Waals surface area contributed by atoms with E-state index < -0.39 is 10.2 Å². The Balaban J connectivity index is 2.32. The Morgan fingerprint density at radius 1 is 1.11 bits per heavy atom. The first-order valence-corrected chi connectivity index (χ1v) is 10.6. The smallest absolute Gasteiger partial charge is 0.282 e. The van der Waals surface area contributed by atoms with Crippen LogP contribution >= 0.6 is 0 Å². The second-order valence-electron chi connectivity index (χ2n) is 6.63. The van der Waals surface area contributed by atoms with Gasteiger partial charge in [-0.3, -0.25) is 0 Å². The van der Waals surface area contributed by atoms with Gasteiger partial charge in [0, 0.05) is 32.6 Å². The van der Waals surface area contributed by atoms with E-state index in [1.807, 2.05) is 67.6 Å². The molecule has 0 fully saturated rings. The van der Waals surface area contributed by atoms with Crippen LogP contribution < -0.4 is 4.74 Å². The molecule has 0 aliphatic rings. The zero-order chi connectivity index (χ0) is 20.6. The predicted octanol–water partition coefficient (Wildman–Crippen LogP) is 3.22. The normalized spacial score (nSPS) is 12.7. The average molecular weight is 402 g/mol. The van der Waals surface area contributed by atoms with Crippen molar-refractivity contribution in [3.8, 4) is 11.8 Å². The van der Waals surface area contributed by atoms with Gasteiger partial charge in [-0.2, -0.15) is 22.3 Å². The Bertz CT molecular complexity index is 895. The number of hydrogen-bond acceptors (Lipinski definition) is 4. The number of ether oxygens (including phenoxy) is 1. The summed E-state index contributed by atoms with van der Waals surface area (Å²) in [4.78, 5) is 0. The SMILES string of the molecule is COc1ccccc1CC(C)N(Cc1ccccc1)S(=O)(=O)N(C)CCC#N. The van der Waals surface area contributed by atoms with Gasteiger partial charge in [-0.25, -0.2) is 0 Å². The van der Waals surface area contributed by atoms with Crippen LogP contribution in [0.15, 0.2) is 54.6 Å². The molecule has 0 aromatic heterocycles. The average Bonchev–Trinajstić information content (AvgIpc) is 2.71.